The molecular formula is C24H20ClN3O4. The summed E-state index contributed by atoms with van der Waals surface area (Å²) in [6.07, 6.45) is 1.84. The number of hydrogen-bond acceptors (Lipinski definition) is 6. The molecule has 2 heterocycles. The fraction of sp³-hybridized carbons (Fsp3) is 0.167. The third-order valence-electron chi connectivity index (χ3n) is 5.06. The van der Waals surface area contributed by atoms with Crippen molar-refractivity contribution in [3.8, 4) is 5.75 Å². The predicted molar refractivity (Wildman–Crippen MR) is 120 cm³/mol. The number of aromatic nitrogens is 1. The minimum Gasteiger partial charge on any atom is -0.497 e. The van der Waals surface area contributed by atoms with Crippen molar-refractivity contribution in [2.75, 3.05) is 13.7 Å². The first-order valence-electron chi connectivity index (χ1n) is 9.93. The van der Waals surface area contributed by atoms with Crippen LogP contribution in [-0.4, -0.2) is 41.3 Å². The molecule has 2 aromatic carbocycles. The molecule has 162 valence electrons. The van der Waals surface area contributed by atoms with Crippen LogP contribution < -0.4 is 4.74 Å². The van der Waals surface area contributed by atoms with Gasteiger partial charge in [-0.05, 0) is 35.4 Å². The van der Waals surface area contributed by atoms with E-state index < -0.39 is 18.5 Å². The first-order valence-corrected chi connectivity index (χ1v) is 10.3. The van der Waals surface area contributed by atoms with Gasteiger partial charge in [0.2, 0.25) is 0 Å². The Morgan fingerprint density at radius 3 is 2.47 bits per heavy atom. The highest BCUT2D eigenvalue weighted by atomic mass is 35.5. The Morgan fingerprint density at radius 2 is 1.81 bits per heavy atom. The van der Waals surface area contributed by atoms with Gasteiger partial charge in [-0.15, -0.1) is 0 Å². The lowest BCUT2D eigenvalue weighted by atomic mass is 9.98. The van der Waals surface area contributed by atoms with E-state index >= 15 is 0 Å². The van der Waals surface area contributed by atoms with E-state index in [1.807, 2.05) is 54.6 Å². The first kappa shape index (κ1) is 21.5. The van der Waals surface area contributed by atoms with Crippen molar-refractivity contribution in [2.24, 2.45) is 5.10 Å². The van der Waals surface area contributed by atoms with Gasteiger partial charge in [-0.2, -0.15) is 5.10 Å². The standard InChI is InChI=1S/C24H20ClN3O4/c1-31-19-10-7-17(8-11-19)21-13-20(16-5-3-2-4-6-16)27-28(21)23(29)15-32-24(30)18-9-12-22(25)26-14-18/h2-12,14,21H,13,15H2,1H3/t21-/m0/s1. The Morgan fingerprint density at radius 1 is 1.06 bits per heavy atom. The molecule has 0 radical (unpaired) electrons. The van der Waals surface area contributed by atoms with E-state index in [1.165, 1.54) is 23.3 Å². The van der Waals surface area contributed by atoms with Gasteiger partial charge >= 0.3 is 5.97 Å². The zero-order valence-electron chi connectivity index (χ0n) is 17.3. The summed E-state index contributed by atoms with van der Waals surface area (Å²) in [6, 6.07) is 19.8. The van der Waals surface area contributed by atoms with E-state index in [-0.39, 0.29) is 16.8 Å². The SMILES string of the molecule is COc1ccc([C@@H]2CC(c3ccccc3)=NN2C(=O)COC(=O)c2ccc(Cl)nc2)cc1. The lowest BCUT2D eigenvalue weighted by molar-refractivity contribution is -0.136. The number of carbonyl (C=O) groups is 2. The molecule has 1 amide bonds. The molecule has 1 aliphatic heterocycles. The van der Waals surface area contributed by atoms with Crippen molar-refractivity contribution in [2.45, 2.75) is 12.5 Å². The van der Waals surface area contributed by atoms with Crippen LogP contribution in [0, 0.1) is 0 Å². The quantitative estimate of drug-likeness (QED) is 0.414. The molecule has 0 saturated carbocycles. The number of benzene rings is 2. The lowest BCUT2D eigenvalue weighted by Gasteiger charge is -2.22. The van der Waals surface area contributed by atoms with Crippen molar-refractivity contribution in [3.05, 3.63) is 94.8 Å². The monoisotopic (exact) mass is 449 g/mol. The maximum atomic E-state index is 13.0. The number of nitrogens with zero attached hydrogens (tertiary/aromatic N) is 3. The molecule has 0 unspecified atom stereocenters. The Kier molecular flexibility index (Phi) is 6.47. The number of amides is 1. The molecular weight excluding hydrogens is 430 g/mol. The first-order chi connectivity index (χ1) is 15.5. The average molecular weight is 450 g/mol. The van der Waals surface area contributed by atoms with E-state index in [0.29, 0.717) is 6.42 Å². The summed E-state index contributed by atoms with van der Waals surface area (Å²) >= 11 is 5.74. The second kappa shape index (κ2) is 9.62. The van der Waals surface area contributed by atoms with Crippen LogP contribution >= 0.6 is 11.6 Å². The Bertz CT molecular complexity index is 1130. The van der Waals surface area contributed by atoms with Crippen molar-refractivity contribution in [1.29, 1.82) is 0 Å². The van der Waals surface area contributed by atoms with Gasteiger partial charge < -0.3 is 9.47 Å². The average Bonchev–Trinajstić information content (AvgIpc) is 3.29. The number of rotatable bonds is 6. The Balaban J connectivity index is 1.53. The number of halogens is 1. The van der Waals surface area contributed by atoms with E-state index in [0.717, 1.165) is 22.6 Å². The molecule has 0 fully saturated rings. The highest BCUT2D eigenvalue weighted by molar-refractivity contribution is 6.29. The van der Waals surface area contributed by atoms with Crippen molar-refractivity contribution >= 4 is 29.2 Å². The molecule has 0 bridgehead atoms. The third-order valence-corrected chi connectivity index (χ3v) is 5.29. The van der Waals surface area contributed by atoms with Crippen LogP contribution in [0.2, 0.25) is 5.15 Å². The number of ether oxygens (including phenoxy) is 2. The van der Waals surface area contributed by atoms with Crippen LogP contribution in [-0.2, 0) is 9.53 Å². The minimum absolute atomic E-state index is 0.212. The van der Waals surface area contributed by atoms with Gasteiger partial charge in [0.15, 0.2) is 6.61 Å². The van der Waals surface area contributed by atoms with Crippen LogP contribution in [0.4, 0.5) is 0 Å². The van der Waals surface area contributed by atoms with Crippen molar-refractivity contribution in [3.63, 3.8) is 0 Å². The lowest BCUT2D eigenvalue weighted by Crippen LogP contribution is -2.31. The highest BCUT2D eigenvalue weighted by Gasteiger charge is 2.33. The third kappa shape index (κ3) is 4.78. The van der Waals surface area contributed by atoms with E-state index in [2.05, 4.69) is 10.1 Å². The molecule has 0 saturated heterocycles. The fourth-order valence-corrected chi connectivity index (χ4v) is 3.52. The summed E-state index contributed by atoms with van der Waals surface area (Å²) in [4.78, 5) is 29.1. The molecule has 3 aromatic rings. The minimum atomic E-state index is -0.657. The molecule has 4 rings (SSSR count). The maximum Gasteiger partial charge on any atom is 0.340 e. The molecule has 0 spiro atoms. The fourth-order valence-electron chi connectivity index (χ4n) is 3.40. The second-order valence-electron chi connectivity index (χ2n) is 7.09. The molecule has 0 aliphatic carbocycles. The van der Waals surface area contributed by atoms with Crippen molar-refractivity contribution < 1.29 is 19.1 Å². The highest BCUT2D eigenvalue weighted by Crippen LogP contribution is 2.33. The smallest absolute Gasteiger partial charge is 0.340 e. The number of pyridine rings is 1. The molecule has 8 heteroatoms. The summed E-state index contributed by atoms with van der Waals surface area (Å²) in [5.74, 6) is -0.360. The van der Waals surface area contributed by atoms with Gasteiger partial charge in [0.25, 0.3) is 5.91 Å². The van der Waals surface area contributed by atoms with Gasteiger partial charge in [0, 0.05) is 12.6 Å². The predicted octanol–water partition coefficient (Wildman–Crippen LogP) is 4.28. The van der Waals surface area contributed by atoms with Crippen LogP contribution in [0.15, 0.2) is 78.0 Å². The normalized spacial score (nSPS) is 15.2. The largest absolute Gasteiger partial charge is 0.497 e. The summed E-state index contributed by atoms with van der Waals surface area (Å²) < 4.78 is 10.4. The van der Waals surface area contributed by atoms with E-state index in [4.69, 9.17) is 21.1 Å². The summed E-state index contributed by atoms with van der Waals surface area (Å²) in [5, 5.41) is 6.22. The second-order valence-corrected chi connectivity index (χ2v) is 7.48. The number of esters is 1. The van der Waals surface area contributed by atoms with E-state index in [1.54, 1.807) is 7.11 Å². The van der Waals surface area contributed by atoms with E-state index in [9.17, 15) is 9.59 Å². The van der Waals surface area contributed by atoms with Crippen LogP contribution in [0.3, 0.4) is 0 Å². The Hall–Kier alpha value is -3.71. The zero-order valence-corrected chi connectivity index (χ0v) is 18.0. The summed E-state index contributed by atoms with van der Waals surface area (Å²) in [7, 11) is 1.60. The number of hydrazone groups is 1. The van der Waals surface area contributed by atoms with Crippen LogP contribution in [0.1, 0.15) is 33.9 Å². The summed E-state index contributed by atoms with van der Waals surface area (Å²) in [6.45, 7) is -0.445. The van der Waals surface area contributed by atoms with Gasteiger partial charge in [-0.3, -0.25) is 4.79 Å². The van der Waals surface area contributed by atoms with Crippen LogP contribution in [0.5, 0.6) is 5.75 Å². The molecule has 7 nitrogen and oxygen atoms in total. The maximum absolute atomic E-state index is 13.0. The number of methoxy groups -OCH3 is 1. The number of carbonyl (C=O) groups excluding carboxylic acids is 2. The topological polar surface area (TPSA) is 81.1 Å². The summed E-state index contributed by atoms with van der Waals surface area (Å²) in [5.41, 5.74) is 2.84. The van der Waals surface area contributed by atoms with Gasteiger partial charge in [-0.25, -0.2) is 14.8 Å². The van der Waals surface area contributed by atoms with Gasteiger partial charge in [0.1, 0.15) is 10.9 Å². The molecule has 0 N–H and O–H groups in total. The Labute approximate surface area is 190 Å². The molecule has 1 atom stereocenters. The van der Waals surface area contributed by atoms with Gasteiger partial charge in [0.05, 0.1) is 24.4 Å². The molecule has 1 aromatic heterocycles. The zero-order chi connectivity index (χ0) is 22.5. The van der Waals surface area contributed by atoms with Gasteiger partial charge in [-0.1, -0.05) is 54.1 Å². The van der Waals surface area contributed by atoms with Crippen LogP contribution in [0.25, 0.3) is 0 Å². The molecule has 32 heavy (non-hydrogen) atoms. The van der Waals surface area contributed by atoms with Crippen molar-refractivity contribution in [1.82, 2.24) is 9.99 Å². The molecule has 1 aliphatic rings. The number of hydrogen-bond donors (Lipinski definition) is 0.